The summed E-state index contributed by atoms with van der Waals surface area (Å²) in [5, 5.41) is 26.0. The lowest BCUT2D eigenvalue weighted by atomic mass is 10.0. The molecule has 0 aliphatic carbocycles. The van der Waals surface area contributed by atoms with Crippen LogP contribution in [0.3, 0.4) is 0 Å². The molecule has 0 rings (SSSR count). The molecule has 174 valence electrons. The number of carboxylic acids is 1. The Hall–Kier alpha value is -2.24. The van der Waals surface area contributed by atoms with Gasteiger partial charge in [-0.05, 0) is 45.6 Å². The zero-order chi connectivity index (χ0) is 23.4. The van der Waals surface area contributed by atoms with Crippen LogP contribution in [-0.4, -0.2) is 70.7 Å². The van der Waals surface area contributed by atoms with Gasteiger partial charge in [0.05, 0.1) is 12.1 Å². The number of aliphatic carboxylic acids is 1. The van der Waals surface area contributed by atoms with E-state index in [0.717, 1.165) is 6.42 Å². The van der Waals surface area contributed by atoms with Crippen molar-refractivity contribution in [1.82, 2.24) is 16.0 Å². The van der Waals surface area contributed by atoms with Gasteiger partial charge in [0.2, 0.25) is 17.7 Å². The fraction of sp³-hybridized carbons (Fsp3) is 0.789. The minimum absolute atomic E-state index is 0.0420. The smallest absolute Gasteiger partial charge is 0.325 e. The quantitative estimate of drug-likeness (QED) is 0.160. The second-order valence-electron chi connectivity index (χ2n) is 7.88. The van der Waals surface area contributed by atoms with Crippen molar-refractivity contribution >= 4 is 23.7 Å². The highest BCUT2D eigenvalue weighted by Gasteiger charge is 2.32. The highest BCUT2D eigenvalue weighted by molar-refractivity contribution is 5.94. The number of nitrogens with one attached hydrogen (secondary N) is 3. The first-order valence-electron chi connectivity index (χ1n) is 10.2. The molecule has 0 radical (unpaired) electrons. The maximum absolute atomic E-state index is 12.7. The molecule has 0 aromatic rings. The summed E-state index contributed by atoms with van der Waals surface area (Å²) in [4.78, 5) is 48.3. The standard InChI is InChI=1S/C19H37N5O6/c1-10(2)9-14(23-16(26)13(21)7-5-6-8-20)17(27)24-15(12(4)25)18(28)22-11(3)19(29)30/h10-15,25H,5-9,20-21H2,1-4H3,(H,22,28)(H,23,26)(H,24,27)(H,29,30). The largest absolute Gasteiger partial charge is 0.480 e. The molecule has 0 heterocycles. The van der Waals surface area contributed by atoms with Crippen molar-refractivity contribution in [2.45, 2.75) is 83.6 Å². The van der Waals surface area contributed by atoms with Gasteiger partial charge in [0.15, 0.2) is 0 Å². The fourth-order valence-corrected chi connectivity index (χ4v) is 2.65. The van der Waals surface area contributed by atoms with Gasteiger partial charge in [0.1, 0.15) is 18.1 Å². The molecule has 11 nitrogen and oxygen atoms in total. The molecular weight excluding hydrogens is 394 g/mol. The van der Waals surface area contributed by atoms with Crippen LogP contribution in [-0.2, 0) is 19.2 Å². The Bertz CT molecular complexity index is 584. The van der Waals surface area contributed by atoms with Crippen LogP contribution >= 0.6 is 0 Å². The normalized spacial score (nSPS) is 16.1. The molecule has 5 unspecified atom stereocenters. The lowest BCUT2D eigenvalue weighted by Gasteiger charge is -2.26. The number of hydrogen-bond donors (Lipinski definition) is 7. The van der Waals surface area contributed by atoms with Crippen molar-refractivity contribution in [3.63, 3.8) is 0 Å². The van der Waals surface area contributed by atoms with Gasteiger partial charge in [-0.2, -0.15) is 0 Å². The second-order valence-corrected chi connectivity index (χ2v) is 7.88. The number of aliphatic hydroxyl groups is 1. The molecule has 5 atom stereocenters. The number of aliphatic hydroxyl groups excluding tert-OH is 1. The van der Waals surface area contributed by atoms with E-state index in [-0.39, 0.29) is 12.3 Å². The van der Waals surface area contributed by atoms with Crippen molar-refractivity contribution in [2.75, 3.05) is 6.54 Å². The summed E-state index contributed by atoms with van der Waals surface area (Å²) in [6.07, 6.45) is 0.830. The number of amides is 3. The maximum atomic E-state index is 12.7. The molecule has 0 aliphatic heterocycles. The minimum Gasteiger partial charge on any atom is -0.480 e. The molecule has 0 aromatic carbocycles. The van der Waals surface area contributed by atoms with Gasteiger partial charge in [0, 0.05) is 0 Å². The summed E-state index contributed by atoms with van der Waals surface area (Å²) in [7, 11) is 0. The van der Waals surface area contributed by atoms with Crippen molar-refractivity contribution in [3.8, 4) is 0 Å². The summed E-state index contributed by atoms with van der Waals surface area (Å²) in [6, 6.07) is -4.35. The molecule has 0 aromatic heterocycles. The van der Waals surface area contributed by atoms with E-state index in [1.165, 1.54) is 13.8 Å². The van der Waals surface area contributed by atoms with E-state index in [0.29, 0.717) is 19.4 Å². The van der Waals surface area contributed by atoms with Crippen LogP contribution in [0.25, 0.3) is 0 Å². The van der Waals surface area contributed by atoms with Gasteiger partial charge < -0.3 is 37.6 Å². The molecule has 11 heteroatoms. The summed E-state index contributed by atoms with van der Waals surface area (Å²) in [6.45, 7) is 6.77. The zero-order valence-corrected chi connectivity index (χ0v) is 18.2. The van der Waals surface area contributed by atoms with Crippen LogP contribution in [0.2, 0.25) is 0 Å². The molecule has 0 saturated carbocycles. The lowest BCUT2D eigenvalue weighted by molar-refractivity contribution is -0.142. The molecule has 30 heavy (non-hydrogen) atoms. The maximum Gasteiger partial charge on any atom is 0.325 e. The second kappa shape index (κ2) is 13.9. The Labute approximate surface area is 177 Å². The van der Waals surface area contributed by atoms with E-state index in [2.05, 4.69) is 16.0 Å². The minimum atomic E-state index is -1.39. The van der Waals surface area contributed by atoms with Gasteiger partial charge in [-0.1, -0.05) is 20.3 Å². The average Bonchev–Trinajstić information content (AvgIpc) is 2.64. The SMILES string of the molecule is CC(C)CC(NC(=O)C(N)CCCCN)C(=O)NC(C(=O)NC(C)C(=O)O)C(C)O. The third kappa shape index (κ3) is 10.5. The first kappa shape index (κ1) is 27.8. The van der Waals surface area contributed by atoms with Crippen LogP contribution in [0.4, 0.5) is 0 Å². The predicted octanol–water partition coefficient (Wildman–Crippen LogP) is -1.57. The monoisotopic (exact) mass is 431 g/mol. The summed E-state index contributed by atoms with van der Waals surface area (Å²) >= 11 is 0. The fourth-order valence-electron chi connectivity index (χ4n) is 2.65. The van der Waals surface area contributed by atoms with Crippen molar-refractivity contribution in [3.05, 3.63) is 0 Å². The number of hydrogen-bond acceptors (Lipinski definition) is 7. The highest BCUT2D eigenvalue weighted by Crippen LogP contribution is 2.08. The number of nitrogens with two attached hydrogens (primary N) is 2. The van der Waals surface area contributed by atoms with Crippen LogP contribution in [0.1, 0.15) is 53.4 Å². The molecular formula is C19H37N5O6. The Morgan fingerprint density at radius 3 is 1.97 bits per heavy atom. The van der Waals surface area contributed by atoms with Crippen LogP contribution in [0, 0.1) is 5.92 Å². The number of unbranched alkanes of at least 4 members (excludes halogenated alkanes) is 1. The molecule has 3 amide bonds. The average molecular weight is 432 g/mol. The van der Waals surface area contributed by atoms with Crippen molar-refractivity contribution in [2.24, 2.45) is 17.4 Å². The van der Waals surface area contributed by atoms with Gasteiger partial charge >= 0.3 is 5.97 Å². The Kier molecular flexibility index (Phi) is 12.8. The van der Waals surface area contributed by atoms with Crippen LogP contribution in [0.15, 0.2) is 0 Å². The van der Waals surface area contributed by atoms with E-state index in [9.17, 15) is 24.3 Å². The first-order chi connectivity index (χ1) is 13.9. The number of carbonyl (C=O) groups excluding carboxylic acids is 3. The van der Waals surface area contributed by atoms with Gasteiger partial charge in [-0.15, -0.1) is 0 Å². The topological polar surface area (TPSA) is 197 Å². The van der Waals surface area contributed by atoms with Gasteiger partial charge in [-0.25, -0.2) is 0 Å². The third-order valence-electron chi connectivity index (χ3n) is 4.44. The summed E-state index contributed by atoms with van der Waals surface area (Å²) in [5.41, 5.74) is 11.3. The molecule has 0 bridgehead atoms. The molecule has 0 aliphatic rings. The van der Waals surface area contributed by atoms with E-state index in [4.69, 9.17) is 16.6 Å². The molecule has 0 saturated heterocycles. The predicted molar refractivity (Wildman–Crippen MR) is 111 cm³/mol. The molecule has 0 fully saturated rings. The van der Waals surface area contributed by atoms with Crippen molar-refractivity contribution in [1.29, 1.82) is 0 Å². The van der Waals surface area contributed by atoms with E-state index >= 15 is 0 Å². The molecule has 9 N–H and O–H groups in total. The van der Waals surface area contributed by atoms with E-state index in [1.807, 2.05) is 13.8 Å². The van der Waals surface area contributed by atoms with Gasteiger partial charge in [-0.3, -0.25) is 19.2 Å². The Balaban J connectivity index is 5.18. The Morgan fingerprint density at radius 1 is 0.900 bits per heavy atom. The van der Waals surface area contributed by atoms with E-state index in [1.54, 1.807) is 0 Å². The lowest BCUT2D eigenvalue weighted by Crippen LogP contribution is -2.59. The zero-order valence-electron chi connectivity index (χ0n) is 18.2. The number of rotatable bonds is 14. The summed E-state index contributed by atoms with van der Waals surface area (Å²) in [5.74, 6) is -3.23. The van der Waals surface area contributed by atoms with Crippen molar-refractivity contribution < 1.29 is 29.4 Å². The van der Waals surface area contributed by atoms with E-state index < -0.39 is 54.0 Å². The highest BCUT2D eigenvalue weighted by atomic mass is 16.4. The first-order valence-corrected chi connectivity index (χ1v) is 10.2. The summed E-state index contributed by atoms with van der Waals surface area (Å²) < 4.78 is 0. The molecule has 0 spiro atoms. The van der Waals surface area contributed by atoms with Gasteiger partial charge in [0.25, 0.3) is 0 Å². The third-order valence-corrected chi connectivity index (χ3v) is 4.44. The van der Waals surface area contributed by atoms with Crippen LogP contribution in [0.5, 0.6) is 0 Å². The Morgan fingerprint density at radius 2 is 1.50 bits per heavy atom. The van der Waals surface area contributed by atoms with Crippen LogP contribution < -0.4 is 27.4 Å². The number of carbonyl (C=O) groups is 4. The number of carboxylic acid groups (broad SMARTS) is 1.